The Morgan fingerprint density at radius 3 is 2.96 bits per heavy atom. The van der Waals surface area contributed by atoms with E-state index in [2.05, 4.69) is 32.3 Å². The molecule has 1 aromatic heterocycles. The van der Waals surface area contributed by atoms with Crippen molar-refractivity contribution in [2.24, 2.45) is 5.92 Å². The zero-order valence-corrected chi connectivity index (χ0v) is 15.7. The maximum Gasteiger partial charge on any atom is 0.317 e. The van der Waals surface area contributed by atoms with Crippen LogP contribution in [-0.2, 0) is 6.42 Å². The molecule has 0 unspecified atom stereocenters. The third-order valence-corrected chi connectivity index (χ3v) is 5.38. The molecular weight excluding hydrogens is 318 g/mol. The van der Waals surface area contributed by atoms with Crippen molar-refractivity contribution in [1.82, 2.24) is 25.3 Å². The number of nitrogens with zero attached hydrogens (tertiary/aromatic N) is 4. The molecular formula is C18H31N5O2. The van der Waals surface area contributed by atoms with Crippen molar-refractivity contribution in [2.45, 2.75) is 57.9 Å². The summed E-state index contributed by atoms with van der Waals surface area (Å²) in [4.78, 5) is 21.4. The first kappa shape index (κ1) is 18.2. The molecule has 25 heavy (non-hydrogen) atoms. The maximum absolute atomic E-state index is 12.6. The lowest BCUT2D eigenvalue weighted by Crippen LogP contribution is -2.57. The second kappa shape index (κ2) is 8.17. The Hall–Kier alpha value is -1.63. The molecule has 140 valence electrons. The summed E-state index contributed by atoms with van der Waals surface area (Å²) in [7, 11) is 2.18. The Bertz CT molecular complexity index is 574. The molecule has 2 aliphatic rings. The smallest absolute Gasteiger partial charge is 0.317 e. The first-order valence-electron chi connectivity index (χ1n) is 9.60. The number of aryl methyl sites for hydroxylation is 1. The molecule has 2 fully saturated rings. The summed E-state index contributed by atoms with van der Waals surface area (Å²) in [6, 6.07) is 0.502. The van der Waals surface area contributed by atoms with Gasteiger partial charge in [0, 0.05) is 38.0 Å². The van der Waals surface area contributed by atoms with Crippen LogP contribution in [0.25, 0.3) is 0 Å². The second-order valence-electron chi connectivity index (χ2n) is 7.75. The van der Waals surface area contributed by atoms with E-state index in [1.807, 2.05) is 13.8 Å². The number of carbonyl (C=O) groups excluding carboxylic acids is 1. The van der Waals surface area contributed by atoms with Gasteiger partial charge in [-0.3, -0.25) is 0 Å². The molecule has 0 radical (unpaired) electrons. The highest BCUT2D eigenvalue weighted by Crippen LogP contribution is 2.30. The highest BCUT2D eigenvalue weighted by molar-refractivity contribution is 5.74. The van der Waals surface area contributed by atoms with E-state index >= 15 is 0 Å². The molecule has 0 aliphatic carbocycles. The van der Waals surface area contributed by atoms with Crippen LogP contribution in [0.3, 0.4) is 0 Å². The third kappa shape index (κ3) is 4.51. The molecule has 0 spiro atoms. The van der Waals surface area contributed by atoms with Gasteiger partial charge in [0.05, 0.1) is 0 Å². The van der Waals surface area contributed by atoms with E-state index in [0.29, 0.717) is 30.8 Å². The summed E-state index contributed by atoms with van der Waals surface area (Å²) in [6.07, 6.45) is 4.97. The normalized spacial score (nSPS) is 24.4. The summed E-state index contributed by atoms with van der Waals surface area (Å²) in [6.45, 7) is 7.82. The molecule has 0 aromatic carbocycles. The van der Waals surface area contributed by atoms with E-state index in [0.717, 1.165) is 44.7 Å². The number of urea groups is 1. The van der Waals surface area contributed by atoms with Crippen LogP contribution in [0.4, 0.5) is 4.79 Å². The van der Waals surface area contributed by atoms with Gasteiger partial charge in [-0.2, -0.15) is 4.98 Å². The van der Waals surface area contributed by atoms with Gasteiger partial charge in [-0.25, -0.2) is 4.79 Å². The molecule has 1 aromatic rings. The summed E-state index contributed by atoms with van der Waals surface area (Å²) < 4.78 is 5.24. The monoisotopic (exact) mass is 349 g/mol. The maximum atomic E-state index is 12.6. The minimum atomic E-state index is 0.0904. The van der Waals surface area contributed by atoms with Crippen LogP contribution in [0.15, 0.2) is 4.52 Å². The molecule has 2 atom stereocenters. The minimum absolute atomic E-state index is 0.0904. The third-order valence-electron chi connectivity index (χ3n) is 5.38. The zero-order valence-electron chi connectivity index (χ0n) is 15.7. The number of aromatic nitrogens is 2. The molecule has 2 saturated heterocycles. The topological polar surface area (TPSA) is 74.5 Å². The van der Waals surface area contributed by atoms with Gasteiger partial charge in [0.2, 0.25) is 5.89 Å². The Morgan fingerprint density at radius 2 is 2.20 bits per heavy atom. The highest BCUT2D eigenvalue weighted by Gasteiger charge is 2.37. The van der Waals surface area contributed by atoms with Gasteiger partial charge in [0.25, 0.3) is 0 Å². The number of rotatable bonds is 5. The van der Waals surface area contributed by atoms with Gasteiger partial charge in [-0.15, -0.1) is 0 Å². The molecule has 3 heterocycles. The fourth-order valence-corrected chi connectivity index (χ4v) is 3.98. The number of amides is 2. The Kier molecular flexibility index (Phi) is 5.93. The molecule has 0 saturated carbocycles. The number of hydrogen-bond acceptors (Lipinski definition) is 5. The number of hydrogen-bond donors (Lipinski definition) is 1. The SMILES string of the molecule is CC(C)c1noc(CCCNC(=O)N2CCC[C@@H]3CN(C)CC[C@H]32)n1. The first-order chi connectivity index (χ1) is 12.0. The number of likely N-dealkylation sites (tertiary alicyclic amines) is 2. The average molecular weight is 349 g/mol. The van der Waals surface area contributed by atoms with Crippen molar-refractivity contribution >= 4 is 6.03 Å². The van der Waals surface area contributed by atoms with Gasteiger partial charge < -0.3 is 19.6 Å². The highest BCUT2D eigenvalue weighted by atomic mass is 16.5. The predicted octanol–water partition coefficient (Wildman–Crippen LogP) is 2.25. The largest absolute Gasteiger partial charge is 0.339 e. The zero-order chi connectivity index (χ0) is 17.8. The van der Waals surface area contributed by atoms with Gasteiger partial charge >= 0.3 is 6.03 Å². The van der Waals surface area contributed by atoms with E-state index in [4.69, 9.17) is 4.52 Å². The second-order valence-corrected chi connectivity index (χ2v) is 7.75. The number of piperidine rings is 2. The fraction of sp³-hybridized carbons (Fsp3) is 0.833. The number of nitrogens with one attached hydrogen (secondary N) is 1. The molecule has 2 aliphatic heterocycles. The van der Waals surface area contributed by atoms with E-state index in [1.54, 1.807) is 0 Å². The standard InChI is InChI=1S/C18H31N5O2/c1-13(2)17-20-16(25-21-17)7-4-9-19-18(24)23-10-5-6-14-12-22(3)11-8-15(14)23/h13-15H,4-12H2,1-3H3,(H,19,24)/t14-,15-/m1/s1. The molecule has 7 nitrogen and oxygen atoms in total. The van der Waals surface area contributed by atoms with E-state index in [-0.39, 0.29) is 11.9 Å². The molecule has 7 heteroatoms. The Labute approximate surface area is 150 Å². The van der Waals surface area contributed by atoms with Crippen molar-refractivity contribution in [3.8, 4) is 0 Å². The molecule has 2 amide bonds. The van der Waals surface area contributed by atoms with Crippen molar-refractivity contribution in [1.29, 1.82) is 0 Å². The van der Waals surface area contributed by atoms with E-state index < -0.39 is 0 Å². The summed E-state index contributed by atoms with van der Waals surface area (Å²) in [5.41, 5.74) is 0. The van der Waals surface area contributed by atoms with Crippen LogP contribution >= 0.6 is 0 Å². The summed E-state index contributed by atoms with van der Waals surface area (Å²) >= 11 is 0. The van der Waals surface area contributed by atoms with Crippen LogP contribution in [0.2, 0.25) is 0 Å². The van der Waals surface area contributed by atoms with E-state index in [1.165, 1.54) is 6.42 Å². The predicted molar refractivity (Wildman–Crippen MR) is 95.4 cm³/mol. The van der Waals surface area contributed by atoms with Crippen LogP contribution < -0.4 is 5.32 Å². The van der Waals surface area contributed by atoms with Gasteiger partial charge in [-0.1, -0.05) is 19.0 Å². The Morgan fingerprint density at radius 1 is 1.36 bits per heavy atom. The summed E-state index contributed by atoms with van der Waals surface area (Å²) in [5, 5.41) is 7.05. The van der Waals surface area contributed by atoms with Crippen LogP contribution in [0, 0.1) is 5.92 Å². The lowest BCUT2D eigenvalue weighted by Gasteiger charge is -2.46. The lowest BCUT2D eigenvalue weighted by atomic mass is 9.84. The van der Waals surface area contributed by atoms with Crippen molar-refractivity contribution in [2.75, 3.05) is 33.2 Å². The number of fused-ring (bicyclic) bond motifs is 1. The van der Waals surface area contributed by atoms with Gasteiger partial charge in [0.15, 0.2) is 5.82 Å². The van der Waals surface area contributed by atoms with Gasteiger partial charge in [0.1, 0.15) is 0 Å². The minimum Gasteiger partial charge on any atom is -0.339 e. The molecule has 1 N–H and O–H groups in total. The van der Waals surface area contributed by atoms with Crippen molar-refractivity contribution in [3.63, 3.8) is 0 Å². The van der Waals surface area contributed by atoms with Crippen molar-refractivity contribution < 1.29 is 9.32 Å². The lowest BCUT2D eigenvalue weighted by molar-refractivity contribution is 0.0534. The van der Waals surface area contributed by atoms with Gasteiger partial charge in [-0.05, 0) is 45.2 Å². The quantitative estimate of drug-likeness (QED) is 0.825. The molecule has 0 bridgehead atoms. The fourth-order valence-electron chi connectivity index (χ4n) is 3.98. The number of carbonyl (C=O) groups is 1. The van der Waals surface area contributed by atoms with Crippen LogP contribution in [0.5, 0.6) is 0 Å². The van der Waals surface area contributed by atoms with E-state index in [9.17, 15) is 4.79 Å². The van der Waals surface area contributed by atoms with Crippen LogP contribution in [-0.4, -0.2) is 65.2 Å². The summed E-state index contributed by atoms with van der Waals surface area (Å²) in [5.74, 6) is 2.32. The average Bonchev–Trinajstić information content (AvgIpc) is 3.07. The first-order valence-corrected chi connectivity index (χ1v) is 9.60. The Balaban J connectivity index is 1.42. The van der Waals surface area contributed by atoms with Crippen molar-refractivity contribution in [3.05, 3.63) is 11.7 Å². The van der Waals surface area contributed by atoms with Crippen LogP contribution in [0.1, 0.15) is 57.2 Å². The molecule has 3 rings (SSSR count).